The highest BCUT2D eigenvalue weighted by Crippen LogP contribution is 2.24. The van der Waals surface area contributed by atoms with Gasteiger partial charge in [-0.3, -0.25) is 4.79 Å². The van der Waals surface area contributed by atoms with Gasteiger partial charge in [-0.05, 0) is 31.5 Å². The van der Waals surface area contributed by atoms with E-state index < -0.39 is 0 Å². The summed E-state index contributed by atoms with van der Waals surface area (Å²) in [5, 5.41) is 3.51. The normalized spacial score (nSPS) is 12.6. The second-order valence-corrected chi connectivity index (χ2v) is 5.46. The van der Waals surface area contributed by atoms with Crippen LogP contribution in [0.2, 0.25) is 0 Å². The van der Waals surface area contributed by atoms with Crippen LogP contribution in [-0.4, -0.2) is 16.9 Å². The molecule has 1 aromatic heterocycles. The molecular weight excluding hydrogens is 246 g/mol. The first-order valence-corrected chi connectivity index (χ1v) is 6.88. The average molecular weight is 263 g/mol. The molecule has 1 unspecified atom stereocenters. The van der Waals surface area contributed by atoms with Crippen molar-refractivity contribution in [2.75, 3.05) is 5.73 Å². The Balaban J connectivity index is 2.17. The van der Waals surface area contributed by atoms with Crippen molar-refractivity contribution < 1.29 is 4.79 Å². The molecule has 1 amide bonds. The van der Waals surface area contributed by atoms with Gasteiger partial charge in [0, 0.05) is 11.6 Å². The first-order chi connectivity index (χ1) is 8.60. The van der Waals surface area contributed by atoms with Crippen LogP contribution in [0.3, 0.4) is 0 Å². The van der Waals surface area contributed by atoms with E-state index in [2.05, 4.69) is 17.2 Å². The van der Waals surface area contributed by atoms with Crippen LogP contribution in [0.1, 0.15) is 37.0 Å². The third-order valence-corrected chi connectivity index (χ3v) is 3.61. The molecule has 0 aliphatic carbocycles. The zero-order valence-corrected chi connectivity index (χ0v) is 11.4. The number of nitrogen functional groups attached to an aromatic ring is 1. The van der Waals surface area contributed by atoms with E-state index >= 15 is 0 Å². The molecular formula is C13H17N3OS. The van der Waals surface area contributed by atoms with Crippen LogP contribution < -0.4 is 11.1 Å². The Morgan fingerprint density at radius 2 is 2.33 bits per heavy atom. The van der Waals surface area contributed by atoms with Gasteiger partial charge in [0.2, 0.25) is 0 Å². The third-order valence-electron chi connectivity index (χ3n) is 2.77. The number of carbonyl (C=O) groups is 1. The van der Waals surface area contributed by atoms with Crippen LogP contribution in [0.15, 0.2) is 18.2 Å². The number of nitrogens with two attached hydrogens (primary N) is 1. The number of amides is 1. The zero-order chi connectivity index (χ0) is 13.1. The Bertz CT molecular complexity index is 564. The Hall–Kier alpha value is -1.62. The second kappa shape index (κ2) is 5.35. The molecule has 0 aliphatic heterocycles. The minimum absolute atomic E-state index is 0.0372. The number of benzene rings is 1. The van der Waals surface area contributed by atoms with Crippen molar-refractivity contribution in [3.8, 4) is 0 Å². The van der Waals surface area contributed by atoms with Crippen molar-refractivity contribution in [3.63, 3.8) is 0 Å². The van der Waals surface area contributed by atoms with Gasteiger partial charge < -0.3 is 11.1 Å². The maximum atomic E-state index is 12.0. The molecule has 0 aliphatic rings. The minimum atomic E-state index is -0.0372. The molecule has 5 heteroatoms. The van der Waals surface area contributed by atoms with Gasteiger partial charge in [-0.15, -0.1) is 0 Å². The van der Waals surface area contributed by atoms with E-state index in [-0.39, 0.29) is 11.9 Å². The van der Waals surface area contributed by atoms with Gasteiger partial charge in [0.05, 0.1) is 10.2 Å². The molecule has 1 heterocycles. The molecule has 0 bridgehead atoms. The lowest BCUT2D eigenvalue weighted by molar-refractivity contribution is 0.0938. The van der Waals surface area contributed by atoms with Gasteiger partial charge in [0.1, 0.15) is 0 Å². The highest BCUT2D eigenvalue weighted by Gasteiger charge is 2.11. The monoisotopic (exact) mass is 263 g/mol. The van der Waals surface area contributed by atoms with Crippen molar-refractivity contribution in [2.45, 2.75) is 32.7 Å². The Labute approximate surface area is 110 Å². The number of carbonyl (C=O) groups excluding carboxylic acids is 1. The summed E-state index contributed by atoms with van der Waals surface area (Å²) in [4.78, 5) is 16.2. The number of thiazole rings is 1. The fourth-order valence-corrected chi connectivity index (χ4v) is 2.67. The van der Waals surface area contributed by atoms with Gasteiger partial charge in [-0.25, -0.2) is 4.98 Å². The lowest BCUT2D eigenvalue weighted by atomic mass is 10.1. The van der Waals surface area contributed by atoms with Crippen molar-refractivity contribution >= 4 is 32.6 Å². The quantitative estimate of drug-likeness (QED) is 0.891. The second-order valence-electron chi connectivity index (χ2n) is 4.40. The van der Waals surface area contributed by atoms with Crippen LogP contribution in [0.5, 0.6) is 0 Å². The van der Waals surface area contributed by atoms with Gasteiger partial charge in [0.15, 0.2) is 5.13 Å². The Morgan fingerprint density at radius 1 is 1.56 bits per heavy atom. The Morgan fingerprint density at radius 3 is 3.06 bits per heavy atom. The molecule has 0 radical (unpaired) electrons. The molecule has 1 aromatic carbocycles. The molecule has 3 N–H and O–H groups in total. The predicted octanol–water partition coefficient (Wildman–Crippen LogP) is 2.80. The van der Waals surface area contributed by atoms with E-state index in [1.54, 1.807) is 6.07 Å². The Kier molecular flexibility index (Phi) is 3.81. The SMILES string of the molecule is CCCC(C)NC(=O)c1ccc2nc(N)sc2c1. The summed E-state index contributed by atoms with van der Waals surface area (Å²) in [6.45, 7) is 4.12. The predicted molar refractivity (Wildman–Crippen MR) is 75.9 cm³/mol. The van der Waals surface area contributed by atoms with Crippen LogP contribution in [0, 0.1) is 0 Å². The van der Waals surface area contributed by atoms with E-state index in [4.69, 9.17) is 5.73 Å². The molecule has 0 saturated carbocycles. The summed E-state index contributed by atoms with van der Waals surface area (Å²) in [6.07, 6.45) is 2.05. The number of hydrogen-bond donors (Lipinski definition) is 2. The zero-order valence-electron chi connectivity index (χ0n) is 10.6. The van der Waals surface area contributed by atoms with Crippen molar-refractivity contribution in [2.24, 2.45) is 0 Å². The summed E-state index contributed by atoms with van der Waals surface area (Å²) in [5.41, 5.74) is 7.15. The molecule has 96 valence electrons. The molecule has 0 spiro atoms. The number of anilines is 1. The van der Waals surface area contributed by atoms with Crippen molar-refractivity contribution in [1.29, 1.82) is 0 Å². The van der Waals surface area contributed by atoms with E-state index in [1.807, 2.05) is 19.1 Å². The molecule has 0 saturated heterocycles. The summed E-state index contributed by atoms with van der Waals surface area (Å²) in [5.74, 6) is -0.0372. The molecule has 18 heavy (non-hydrogen) atoms. The number of nitrogens with one attached hydrogen (secondary N) is 1. The highest BCUT2D eigenvalue weighted by atomic mass is 32.1. The van der Waals surface area contributed by atoms with E-state index in [9.17, 15) is 4.79 Å². The smallest absolute Gasteiger partial charge is 0.251 e. The van der Waals surface area contributed by atoms with Crippen LogP contribution in [0.25, 0.3) is 10.2 Å². The lowest BCUT2D eigenvalue weighted by Gasteiger charge is -2.12. The topological polar surface area (TPSA) is 68.0 Å². The fourth-order valence-electron chi connectivity index (χ4n) is 1.90. The number of rotatable bonds is 4. The van der Waals surface area contributed by atoms with Crippen molar-refractivity contribution in [3.05, 3.63) is 23.8 Å². The molecule has 1 atom stereocenters. The maximum Gasteiger partial charge on any atom is 0.251 e. The lowest BCUT2D eigenvalue weighted by Crippen LogP contribution is -2.32. The first-order valence-electron chi connectivity index (χ1n) is 6.07. The standard InChI is InChI=1S/C13H17N3OS/c1-3-4-8(2)15-12(17)9-5-6-10-11(7-9)18-13(14)16-10/h5-8H,3-4H2,1-2H3,(H2,14,16)(H,15,17). The van der Waals surface area contributed by atoms with E-state index in [1.165, 1.54) is 11.3 Å². The van der Waals surface area contributed by atoms with Crippen molar-refractivity contribution in [1.82, 2.24) is 10.3 Å². The summed E-state index contributed by atoms with van der Waals surface area (Å²) < 4.78 is 0.947. The first kappa shape index (κ1) is 12.8. The molecule has 0 fully saturated rings. The largest absolute Gasteiger partial charge is 0.375 e. The molecule has 4 nitrogen and oxygen atoms in total. The minimum Gasteiger partial charge on any atom is -0.375 e. The average Bonchev–Trinajstić information content (AvgIpc) is 2.68. The van der Waals surface area contributed by atoms with Crippen LogP contribution in [-0.2, 0) is 0 Å². The van der Waals surface area contributed by atoms with Gasteiger partial charge in [-0.1, -0.05) is 24.7 Å². The third kappa shape index (κ3) is 2.79. The summed E-state index contributed by atoms with van der Waals surface area (Å²) in [7, 11) is 0. The number of aromatic nitrogens is 1. The summed E-state index contributed by atoms with van der Waals surface area (Å²) >= 11 is 1.40. The van der Waals surface area contributed by atoms with Crippen LogP contribution in [0.4, 0.5) is 5.13 Å². The van der Waals surface area contributed by atoms with Crippen LogP contribution >= 0.6 is 11.3 Å². The van der Waals surface area contributed by atoms with Gasteiger partial charge in [0.25, 0.3) is 5.91 Å². The maximum absolute atomic E-state index is 12.0. The van der Waals surface area contributed by atoms with Gasteiger partial charge >= 0.3 is 0 Å². The number of hydrogen-bond acceptors (Lipinski definition) is 4. The molecule has 2 rings (SSSR count). The van der Waals surface area contributed by atoms with E-state index in [0.717, 1.165) is 23.1 Å². The highest BCUT2D eigenvalue weighted by molar-refractivity contribution is 7.22. The van der Waals surface area contributed by atoms with Gasteiger partial charge in [-0.2, -0.15) is 0 Å². The summed E-state index contributed by atoms with van der Waals surface area (Å²) in [6, 6.07) is 5.67. The number of fused-ring (bicyclic) bond motifs is 1. The fraction of sp³-hybridized carbons (Fsp3) is 0.385. The molecule has 2 aromatic rings. The van der Waals surface area contributed by atoms with E-state index in [0.29, 0.717) is 10.7 Å². The number of nitrogens with zero attached hydrogens (tertiary/aromatic N) is 1.